The average molecular weight is 716 g/mol. The Balaban J connectivity index is 1.62. The highest BCUT2D eigenvalue weighted by Crippen LogP contribution is 2.29. The number of hydrogen-bond acceptors (Lipinski definition) is 10. The molecule has 50 heavy (non-hydrogen) atoms. The Bertz CT molecular complexity index is 1690. The lowest BCUT2D eigenvalue weighted by molar-refractivity contribution is -0.00834. The predicted molar refractivity (Wildman–Crippen MR) is 188 cm³/mol. The van der Waals surface area contributed by atoms with E-state index in [0.29, 0.717) is 47.4 Å². The number of nitrogens with one attached hydrogen (secondary N) is 2. The lowest BCUT2D eigenvalue weighted by Crippen LogP contribution is -2.48. The van der Waals surface area contributed by atoms with Gasteiger partial charge < -0.3 is 39.4 Å². The summed E-state index contributed by atoms with van der Waals surface area (Å²) < 4.78 is 51.2. The van der Waals surface area contributed by atoms with Gasteiger partial charge in [0.2, 0.25) is 10.0 Å². The molecule has 2 aromatic carbocycles. The Labute approximate surface area is 294 Å². The molecule has 3 N–H and O–H groups in total. The molecule has 274 valence electrons. The smallest absolute Gasteiger partial charge is 0.323 e. The second kappa shape index (κ2) is 17.2. The molecular weight excluding hydrogens is 666 g/mol. The molecule has 0 bridgehead atoms. The monoisotopic (exact) mass is 715 g/mol. The normalized spacial score (nSPS) is 20.0. The van der Waals surface area contributed by atoms with Gasteiger partial charge in [0, 0.05) is 38.3 Å². The first-order chi connectivity index (χ1) is 23.7. The number of benzene rings is 2. The molecule has 0 saturated heterocycles. The van der Waals surface area contributed by atoms with Crippen LogP contribution in [0, 0.1) is 19.8 Å². The van der Waals surface area contributed by atoms with Crippen molar-refractivity contribution < 1.29 is 41.8 Å². The summed E-state index contributed by atoms with van der Waals surface area (Å²) in [6, 6.07) is 9.87. The molecule has 1 aliphatic rings. The van der Waals surface area contributed by atoms with Crippen LogP contribution >= 0.6 is 0 Å². The van der Waals surface area contributed by atoms with E-state index in [1.807, 2.05) is 13.8 Å². The van der Waals surface area contributed by atoms with Crippen LogP contribution < -0.4 is 20.1 Å². The Morgan fingerprint density at radius 1 is 1.14 bits per heavy atom. The molecule has 0 radical (unpaired) electrons. The van der Waals surface area contributed by atoms with Gasteiger partial charge in [-0.2, -0.15) is 4.31 Å². The number of aryl methyl sites for hydroxylation is 2. The highest BCUT2D eigenvalue weighted by atomic mass is 32.2. The number of urea groups is 1. The van der Waals surface area contributed by atoms with Crippen molar-refractivity contribution in [1.29, 1.82) is 0 Å². The minimum Gasteiger partial charge on any atom is -0.497 e. The zero-order valence-electron chi connectivity index (χ0n) is 29.8. The molecule has 2 heterocycles. The molecule has 14 nitrogen and oxygen atoms in total. The first-order valence-electron chi connectivity index (χ1n) is 16.7. The van der Waals surface area contributed by atoms with Crippen LogP contribution in [0.1, 0.15) is 61.8 Å². The number of methoxy groups -OCH3 is 1. The zero-order chi connectivity index (χ0) is 36.6. The Morgan fingerprint density at radius 3 is 2.50 bits per heavy atom. The number of nitrogens with zero attached hydrogens (tertiary/aromatic N) is 3. The van der Waals surface area contributed by atoms with Gasteiger partial charge >= 0.3 is 6.03 Å². The summed E-state index contributed by atoms with van der Waals surface area (Å²) in [5.74, 6) is 0.563. The summed E-state index contributed by atoms with van der Waals surface area (Å²) in [6.07, 6.45) is 1.36. The largest absolute Gasteiger partial charge is 0.497 e. The topological polar surface area (TPSA) is 173 Å². The molecule has 3 aromatic rings. The fourth-order valence-corrected chi connectivity index (χ4v) is 6.86. The van der Waals surface area contributed by atoms with Crippen LogP contribution in [0.2, 0.25) is 0 Å². The van der Waals surface area contributed by atoms with Crippen molar-refractivity contribution in [3.63, 3.8) is 0 Å². The van der Waals surface area contributed by atoms with Gasteiger partial charge in [0.1, 0.15) is 22.9 Å². The fraction of sp³-hybridized carbons (Fsp3) is 0.514. The van der Waals surface area contributed by atoms with E-state index in [0.717, 1.165) is 12.8 Å². The molecule has 1 aliphatic heterocycles. The maximum Gasteiger partial charge on any atom is 0.323 e. The van der Waals surface area contributed by atoms with E-state index in [4.69, 9.17) is 18.7 Å². The van der Waals surface area contributed by atoms with E-state index in [-0.39, 0.29) is 42.2 Å². The van der Waals surface area contributed by atoms with E-state index in [9.17, 15) is 23.1 Å². The van der Waals surface area contributed by atoms with Crippen molar-refractivity contribution in [3.8, 4) is 11.5 Å². The molecule has 0 unspecified atom stereocenters. The van der Waals surface area contributed by atoms with Gasteiger partial charge in [-0.15, -0.1) is 0 Å². The SMILES string of the molecule is COc1ccc(S(=O)(=O)N(C)C[C@@H]2OCCCC[C@@H](C)Oc3ccc(NC(=O)Nc4c(C)noc4C)cc3C(=O)N([C@H](C)CO)C[C@@H]2C)cc1. The molecule has 0 fully saturated rings. The van der Waals surface area contributed by atoms with Crippen LogP contribution in [0.5, 0.6) is 11.5 Å². The number of carbonyl (C=O) groups is 2. The Morgan fingerprint density at radius 2 is 1.86 bits per heavy atom. The number of anilines is 2. The van der Waals surface area contributed by atoms with E-state index in [1.165, 1.54) is 35.5 Å². The van der Waals surface area contributed by atoms with Gasteiger partial charge in [0.05, 0.1) is 42.4 Å². The van der Waals surface area contributed by atoms with Crippen LogP contribution in [0.3, 0.4) is 0 Å². The second-order valence-electron chi connectivity index (χ2n) is 12.8. The minimum atomic E-state index is -3.86. The van der Waals surface area contributed by atoms with Crippen LogP contribution in [-0.4, -0.2) is 98.5 Å². The van der Waals surface area contributed by atoms with Gasteiger partial charge in [-0.25, -0.2) is 13.2 Å². The maximum atomic E-state index is 14.4. The number of amides is 3. The summed E-state index contributed by atoms with van der Waals surface area (Å²) >= 11 is 0. The zero-order valence-corrected chi connectivity index (χ0v) is 30.6. The van der Waals surface area contributed by atoms with Crippen LogP contribution in [0.15, 0.2) is 51.9 Å². The first kappa shape index (κ1) is 38.6. The number of aliphatic hydroxyl groups is 1. The Hall–Kier alpha value is -4.18. The quantitative estimate of drug-likeness (QED) is 0.272. The molecule has 4 rings (SSSR count). The van der Waals surface area contributed by atoms with Crippen LogP contribution in [0.4, 0.5) is 16.2 Å². The van der Waals surface area contributed by atoms with E-state index < -0.39 is 34.1 Å². The third-order valence-corrected chi connectivity index (χ3v) is 10.6. The third-order valence-electron chi connectivity index (χ3n) is 8.79. The molecule has 1 aromatic heterocycles. The molecule has 0 saturated carbocycles. The summed E-state index contributed by atoms with van der Waals surface area (Å²) in [5, 5.41) is 19.6. The summed E-state index contributed by atoms with van der Waals surface area (Å²) in [4.78, 5) is 29.0. The van der Waals surface area contributed by atoms with E-state index >= 15 is 0 Å². The number of sulfonamides is 1. The van der Waals surface area contributed by atoms with Gasteiger partial charge in [-0.1, -0.05) is 12.1 Å². The highest BCUT2D eigenvalue weighted by molar-refractivity contribution is 7.89. The van der Waals surface area contributed by atoms with Gasteiger partial charge in [-0.3, -0.25) is 4.79 Å². The van der Waals surface area contributed by atoms with Gasteiger partial charge in [0.15, 0.2) is 5.76 Å². The molecule has 3 amide bonds. The number of carbonyl (C=O) groups excluding carboxylic acids is 2. The molecule has 15 heteroatoms. The fourth-order valence-electron chi connectivity index (χ4n) is 5.68. The molecular formula is C35H49N5O9S. The van der Waals surface area contributed by atoms with Crippen LogP contribution in [0.25, 0.3) is 0 Å². The number of aliphatic hydroxyl groups excluding tert-OH is 1. The number of fused-ring (bicyclic) bond motifs is 1. The number of rotatable bonds is 9. The van der Waals surface area contributed by atoms with Crippen molar-refractivity contribution in [2.75, 3.05) is 51.1 Å². The van der Waals surface area contributed by atoms with Crippen molar-refractivity contribution in [3.05, 3.63) is 59.5 Å². The lowest BCUT2D eigenvalue weighted by atomic mass is 10.0. The van der Waals surface area contributed by atoms with Crippen molar-refractivity contribution in [2.45, 2.75) is 77.0 Å². The van der Waals surface area contributed by atoms with Crippen LogP contribution in [-0.2, 0) is 14.8 Å². The Kier molecular flexibility index (Phi) is 13.3. The van der Waals surface area contributed by atoms with E-state index in [1.54, 1.807) is 51.1 Å². The minimum absolute atomic E-state index is 0.0372. The van der Waals surface area contributed by atoms with Gasteiger partial charge in [0.25, 0.3) is 5.91 Å². The first-order valence-corrected chi connectivity index (χ1v) is 18.1. The highest BCUT2D eigenvalue weighted by Gasteiger charge is 2.32. The molecule has 0 spiro atoms. The van der Waals surface area contributed by atoms with Gasteiger partial charge in [-0.05, 0) is 89.4 Å². The lowest BCUT2D eigenvalue weighted by Gasteiger charge is -2.35. The van der Waals surface area contributed by atoms with E-state index in [2.05, 4.69) is 15.8 Å². The molecule has 0 aliphatic carbocycles. The predicted octanol–water partition coefficient (Wildman–Crippen LogP) is 5.06. The summed E-state index contributed by atoms with van der Waals surface area (Å²) in [5.41, 5.74) is 1.52. The summed E-state index contributed by atoms with van der Waals surface area (Å²) in [6.45, 7) is 9.18. The van der Waals surface area contributed by atoms with Crippen molar-refractivity contribution >= 4 is 33.3 Å². The standard InChI is InChI=1S/C35H49N5O9S/c1-22-19-40(23(2)21-41)34(42)30-18-27(36-35(43)37-33-25(4)38-49-26(33)5)11-16-31(30)48-24(3)10-8-9-17-47-32(22)20-39(6)50(44,45)29-14-12-28(46-7)13-15-29/h11-16,18,22-24,32,41H,8-10,17,19-21H2,1-7H3,(H2,36,37,43)/t22-,23+,24+,32-/m0/s1. The number of ether oxygens (including phenoxy) is 3. The second-order valence-corrected chi connectivity index (χ2v) is 14.8. The number of aromatic nitrogens is 1. The number of likely N-dealkylation sites (N-methyl/N-ethyl adjacent to an activating group) is 1. The summed E-state index contributed by atoms with van der Waals surface area (Å²) in [7, 11) is -0.847. The third kappa shape index (κ3) is 9.53. The van der Waals surface area contributed by atoms with Crippen molar-refractivity contribution in [1.82, 2.24) is 14.4 Å². The number of hydrogen-bond donors (Lipinski definition) is 3. The molecule has 4 atom stereocenters. The maximum absolute atomic E-state index is 14.4. The van der Waals surface area contributed by atoms with Crippen molar-refractivity contribution in [2.24, 2.45) is 5.92 Å². The average Bonchev–Trinajstić information content (AvgIpc) is 3.41.